The Morgan fingerprint density at radius 1 is 1.09 bits per heavy atom. The first-order chi connectivity index (χ1) is 10.3. The number of rotatable bonds is 2. The van der Waals surface area contributed by atoms with E-state index in [1.165, 1.54) is 12.1 Å². The lowest BCUT2D eigenvalue weighted by Crippen LogP contribution is -2.56. The molecular weight excluding hydrogens is 284 g/mol. The minimum Gasteiger partial charge on any atom is -0.273 e. The predicted molar refractivity (Wildman–Crippen MR) is 78.1 cm³/mol. The molecule has 0 aliphatic carbocycles. The molecule has 2 rings (SSSR count). The minimum absolute atomic E-state index is 0.00340. The molecule has 1 aromatic rings. The van der Waals surface area contributed by atoms with Crippen LogP contribution < -0.4 is 0 Å². The van der Waals surface area contributed by atoms with Crippen molar-refractivity contribution in [1.29, 1.82) is 0 Å². The fourth-order valence-corrected chi connectivity index (χ4v) is 2.17. The van der Waals surface area contributed by atoms with Crippen molar-refractivity contribution in [3.8, 4) is 0 Å². The van der Waals surface area contributed by atoms with Crippen molar-refractivity contribution >= 4 is 23.6 Å². The van der Waals surface area contributed by atoms with Gasteiger partial charge in [-0.1, -0.05) is 23.8 Å². The van der Waals surface area contributed by atoms with E-state index >= 15 is 0 Å². The molecule has 0 aromatic heterocycles. The Bertz CT molecular complexity index is 691. The Balaban J connectivity index is 2.45. The lowest BCUT2D eigenvalue weighted by Gasteiger charge is -2.33. The summed E-state index contributed by atoms with van der Waals surface area (Å²) < 4.78 is 0. The first-order valence-electron chi connectivity index (χ1n) is 6.78. The molecule has 6 nitrogen and oxygen atoms in total. The average Bonchev–Trinajstić information content (AvgIpc) is 2.49. The molecule has 0 saturated heterocycles. The summed E-state index contributed by atoms with van der Waals surface area (Å²) in [6.45, 7) is 4.39. The summed E-state index contributed by atoms with van der Waals surface area (Å²) in [7, 11) is 0. The van der Waals surface area contributed by atoms with Crippen LogP contribution in [0.15, 0.2) is 41.5 Å². The highest BCUT2D eigenvalue weighted by atomic mass is 16.2. The highest BCUT2D eigenvalue weighted by molar-refractivity contribution is 6.13. The molecule has 1 heterocycles. The summed E-state index contributed by atoms with van der Waals surface area (Å²) in [4.78, 5) is 48.9. The lowest BCUT2D eigenvalue weighted by molar-refractivity contribution is -0.166. The third-order valence-corrected chi connectivity index (χ3v) is 3.52. The highest BCUT2D eigenvalue weighted by Gasteiger charge is 2.38. The number of hydrogen-bond donors (Lipinski definition) is 0. The van der Waals surface area contributed by atoms with E-state index in [1.54, 1.807) is 32.0 Å². The number of carbonyl (C=O) groups excluding carboxylic acids is 4. The molecule has 1 aliphatic rings. The van der Waals surface area contributed by atoms with E-state index in [2.05, 4.69) is 0 Å². The van der Waals surface area contributed by atoms with Gasteiger partial charge in [-0.3, -0.25) is 19.2 Å². The average molecular weight is 300 g/mol. The van der Waals surface area contributed by atoms with Gasteiger partial charge >= 0.3 is 0 Å². The first kappa shape index (κ1) is 15.6. The Hall–Kier alpha value is -2.76. The maximum absolute atomic E-state index is 12.5. The second-order valence-electron chi connectivity index (χ2n) is 5.09. The monoisotopic (exact) mass is 300 g/mol. The molecule has 1 aliphatic heterocycles. The Labute approximate surface area is 128 Å². The quantitative estimate of drug-likeness (QED) is 0.779. The molecule has 0 N–H and O–H groups in total. The normalized spacial score (nSPS) is 15.1. The Morgan fingerprint density at radius 3 is 2.23 bits per heavy atom. The van der Waals surface area contributed by atoms with Crippen molar-refractivity contribution in [1.82, 2.24) is 10.0 Å². The largest absolute Gasteiger partial charge is 0.280 e. The number of hydrazine groups is 1. The number of benzene rings is 1. The summed E-state index contributed by atoms with van der Waals surface area (Å²) in [5.74, 6) is -2.63. The van der Waals surface area contributed by atoms with E-state index in [1.807, 2.05) is 0 Å². The lowest BCUT2D eigenvalue weighted by atomic mass is 10.0. The highest BCUT2D eigenvalue weighted by Crippen LogP contribution is 2.22. The van der Waals surface area contributed by atoms with E-state index in [9.17, 15) is 19.2 Å². The van der Waals surface area contributed by atoms with E-state index < -0.39 is 23.6 Å². The fraction of sp³-hybridized carbons (Fsp3) is 0.250. The maximum Gasteiger partial charge on any atom is 0.280 e. The topological polar surface area (TPSA) is 74.8 Å². The van der Waals surface area contributed by atoms with Gasteiger partial charge in [0.05, 0.1) is 6.42 Å². The SMILES string of the molecule is CC(=O)N(C(=O)c1ccccc1)N1C(=O)CC(C)=C(C)C1=O. The van der Waals surface area contributed by atoms with Gasteiger partial charge in [0.1, 0.15) is 0 Å². The molecule has 114 valence electrons. The summed E-state index contributed by atoms with van der Waals surface area (Å²) in [5.41, 5.74) is 1.23. The van der Waals surface area contributed by atoms with Crippen LogP contribution in [0.2, 0.25) is 0 Å². The van der Waals surface area contributed by atoms with Crippen LogP contribution in [0.5, 0.6) is 0 Å². The summed E-state index contributed by atoms with van der Waals surface area (Å²) in [6, 6.07) is 8.04. The van der Waals surface area contributed by atoms with Gasteiger partial charge in [-0.25, -0.2) is 0 Å². The number of hydrogen-bond acceptors (Lipinski definition) is 4. The van der Waals surface area contributed by atoms with Gasteiger partial charge in [0.15, 0.2) is 0 Å². The maximum atomic E-state index is 12.5. The van der Waals surface area contributed by atoms with Gasteiger partial charge in [0.25, 0.3) is 17.7 Å². The van der Waals surface area contributed by atoms with Gasteiger partial charge in [0.2, 0.25) is 5.91 Å². The van der Waals surface area contributed by atoms with Crippen molar-refractivity contribution < 1.29 is 19.2 Å². The zero-order valence-corrected chi connectivity index (χ0v) is 12.6. The van der Waals surface area contributed by atoms with Crippen molar-refractivity contribution in [2.75, 3.05) is 0 Å². The number of carbonyl (C=O) groups is 4. The van der Waals surface area contributed by atoms with Crippen molar-refractivity contribution in [2.45, 2.75) is 27.2 Å². The van der Waals surface area contributed by atoms with Crippen LogP contribution in [-0.2, 0) is 14.4 Å². The molecule has 0 saturated carbocycles. The zero-order chi connectivity index (χ0) is 16.4. The smallest absolute Gasteiger partial charge is 0.273 e. The number of amides is 4. The van der Waals surface area contributed by atoms with Crippen molar-refractivity contribution in [3.05, 3.63) is 47.0 Å². The number of imide groups is 2. The second-order valence-corrected chi connectivity index (χ2v) is 5.09. The fourth-order valence-electron chi connectivity index (χ4n) is 2.17. The Kier molecular flexibility index (Phi) is 4.21. The number of nitrogens with zero attached hydrogens (tertiary/aromatic N) is 2. The molecule has 0 bridgehead atoms. The van der Waals surface area contributed by atoms with Gasteiger partial charge in [-0.05, 0) is 26.0 Å². The first-order valence-corrected chi connectivity index (χ1v) is 6.78. The van der Waals surface area contributed by atoms with Crippen LogP contribution in [0.25, 0.3) is 0 Å². The molecule has 0 radical (unpaired) electrons. The van der Waals surface area contributed by atoms with Gasteiger partial charge in [-0.2, -0.15) is 10.0 Å². The zero-order valence-electron chi connectivity index (χ0n) is 12.6. The van der Waals surface area contributed by atoms with Crippen LogP contribution in [0.1, 0.15) is 37.6 Å². The molecular formula is C16H16N2O4. The van der Waals surface area contributed by atoms with E-state index in [4.69, 9.17) is 0 Å². The molecule has 0 unspecified atom stereocenters. The molecule has 6 heteroatoms. The standard InChI is InChI=1S/C16H16N2O4/c1-10-9-14(20)18(15(21)11(10)2)17(12(3)19)16(22)13-7-5-4-6-8-13/h4-8H,9H2,1-3H3. The van der Waals surface area contributed by atoms with Crippen LogP contribution >= 0.6 is 0 Å². The third-order valence-electron chi connectivity index (χ3n) is 3.52. The van der Waals surface area contributed by atoms with Crippen molar-refractivity contribution in [2.24, 2.45) is 0 Å². The van der Waals surface area contributed by atoms with Gasteiger partial charge < -0.3 is 0 Å². The molecule has 4 amide bonds. The van der Waals surface area contributed by atoms with E-state index in [-0.39, 0.29) is 12.0 Å². The van der Waals surface area contributed by atoms with Crippen molar-refractivity contribution in [3.63, 3.8) is 0 Å². The Morgan fingerprint density at radius 2 is 1.68 bits per heavy atom. The van der Waals surface area contributed by atoms with Crippen LogP contribution in [0.4, 0.5) is 0 Å². The molecule has 0 atom stereocenters. The van der Waals surface area contributed by atoms with E-state index in [0.717, 1.165) is 6.92 Å². The third kappa shape index (κ3) is 2.67. The molecule has 1 aromatic carbocycles. The van der Waals surface area contributed by atoms with Gasteiger partial charge in [-0.15, -0.1) is 0 Å². The summed E-state index contributed by atoms with van der Waals surface area (Å²) in [6.07, 6.45) is 0.00340. The predicted octanol–water partition coefficient (Wildman–Crippen LogP) is 1.69. The van der Waals surface area contributed by atoms with Crippen LogP contribution in [0, 0.1) is 0 Å². The molecule has 22 heavy (non-hydrogen) atoms. The summed E-state index contributed by atoms with van der Waals surface area (Å²) in [5, 5.41) is 1.25. The summed E-state index contributed by atoms with van der Waals surface area (Å²) >= 11 is 0. The van der Waals surface area contributed by atoms with Crippen LogP contribution in [0.3, 0.4) is 0 Å². The molecule has 0 spiro atoms. The van der Waals surface area contributed by atoms with Gasteiger partial charge in [0, 0.05) is 18.1 Å². The minimum atomic E-state index is -0.706. The second kappa shape index (κ2) is 5.93. The van der Waals surface area contributed by atoms with E-state index in [0.29, 0.717) is 21.2 Å². The van der Waals surface area contributed by atoms with Crippen LogP contribution in [-0.4, -0.2) is 33.6 Å². The molecule has 0 fully saturated rings.